The van der Waals surface area contributed by atoms with Gasteiger partial charge < -0.3 is 5.11 Å². The topological polar surface area (TPSA) is 40.5 Å². The van der Waals surface area contributed by atoms with Gasteiger partial charge in [-0.05, 0) is 31.2 Å². The van der Waals surface area contributed by atoms with Gasteiger partial charge in [-0.25, -0.2) is 0 Å². The van der Waals surface area contributed by atoms with E-state index in [4.69, 9.17) is 5.11 Å². The van der Waals surface area contributed by atoms with E-state index < -0.39 is 5.97 Å². The number of likely N-dealkylation sites (N-methyl/N-ethyl adjacent to an activating group) is 1. The third kappa shape index (κ3) is 6.83. The molecule has 0 bridgehead atoms. The van der Waals surface area contributed by atoms with Crippen LogP contribution < -0.4 is 0 Å². The summed E-state index contributed by atoms with van der Waals surface area (Å²) in [6.45, 7) is 11.8. The van der Waals surface area contributed by atoms with E-state index in [0.29, 0.717) is 17.9 Å². The summed E-state index contributed by atoms with van der Waals surface area (Å²) in [6.07, 6.45) is 2.17. The van der Waals surface area contributed by atoms with Gasteiger partial charge in [0, 0.05) is 6.04 Å². The van der Waals surface area contributed by atoms with Crippen LogP contribution in [0.25, 0.3) is 0 Å². The number of nitrogens with zero attached hydrogens (tertiary/aromatic N) is 1. The van der Waals surface area contributed by atoms with Gasteiger partial charge in [0.15, 0.2) is 0 Å². The molecule has 0 radical (unpaired) electrons. The first-order valence-corrected chi connectivity index (χ1v) is 6.32. The Bertz CT molecular complexity index is 192. The maximum Gasteiger partial charge on any atom is 0.317 e. The third-order valence-electron chi connectivity index (χ3n) is 2.75. The van der Waals surface area contributed by atoms with E-state index in [0.717, 1.165) is 19.4 Å². The second-order valence-electron chi connectivity index (χ2n) is 5.37. The number of rotatable bonds is 8. The van der Waals surface area contributed by atoms with Gasteiger partial charge >= 0.3 is 5.97 Å². The Morgan fingerprint density at radius 2 is 1.56 bits per heavy atom. The molecule has 0 aliphatic carbocycles. The minimum atomic E-state index is -0.723. The Morgan fingerprint density at radius 1 is 1.12 bits per heavy atom. The van der Waals surface area contributed by atoms with Crippen LogP contribution in [0.15, 0.2) is 0 Å². The van der Waals surface area contributed by atoms with Crippen LogP contribution in [-0.2, 0) is 4.79 Å². The highest BCUT2D eigenvalue weighted by molar-refractivity contribution is 5.69. The summed E-state index contributed by atoms with van der Waals surface area (Å²) in [7, 11) is 0. The van der Waals surface area contributed by atoms with E-state index in [2.05, 4.69) is 32.6 Å². The van der Waals surface area contributed by atoms with Gasteiger partial charge in [-0.15, -0.1) is 0 Å². The summed E-state index contributed by atoms with van der Waals surface area (Å²) >= 11 is 0. The van der Waals surface area contributed by atoms with Crippen LogP contribution in [0, 0.1) is 11.8 Å². The fourth-order valence-electron chi connectivity index (χ4n) is 2.16. The molecule has 16 heavy (non-hydrogen) atoms. The van der Waals surface area contributed by atoms with Gasteiger partial charge in [-0.1, -0.05) is 34.6 Å². The van der Waals surface area contributed by atoms with Crippen LogP contribution in [0.3, 0.4) is 0 Å². The van der Waals surface area contributed by atoms with E-state index in [1.807, 2.05) is 6.92 Å². The molecule has 0 spiro atoms. The summed E-state index contributed by atoms with van der Waals surface area (Å²) < 4.78 is 0. The Morgan fingerprint density at radius 3 is 1.81 bits per heavy atom. The molecule has 0 aliphatic heterocycles. The molecule has 0 heterocycles. The van der Waals surface area contributed by atoms with Gasteiger partial charge in [-0.2, -0.15) is 0 Å². The highest BCUT2D eigenvalue weighted by atomic mass is 16.4. The van der Waals surface area contributed by atoms with Crippen molar-refractivity contribution in [2.24, 2.45) is 11.8 Å². The Hall–Kier alpha value is -0.570. The fraction of sp³-hybridized carbons (Fsp3) is 0.923. The number of carbonyl (C=O) groups is 1. The largest absolute Gasteiger partial charge is 0.480 e. The highest BCUT2D eigenvalue weighted by Crippen LogP contribution is 2.18. The smallest absolute Gasteiger partial charge is 0.317 e. The SMILES string of the molecule is CCN(CC(=O)O)C(CC(C)C)CC(C)C. The zero-order valence-corrected chi connectivity index (χ0v) is 11.4. The van der Waals surface area contributed by atoms with Crippen LogP contribution in [0.1, 0.15) is 47.5 Å². The molecule has 96 valence electrons. The van der Waals surface area contributed by atoms with E-state index in [-0.39, 0.29) is 6.54 Å². The lowest BCUT2D eigenvalue weighted by atomic mass is 9.94. The first-order chi connectivity index (χ1) is 7.36. The lowest BCUT2D eigenvalue weighted by molar-refractivity contribution is -0.139. The summed E-state index contributed by atoms with van der Waals surface area (Å²) in [5.74, 6) is 0.512. The lowest BCUT2D eigenvalue weighted by Gasteiger charge is -2.32. The molecule has 0 saturated heterocycles. The molecular weight excluding hydrogens is 202 g/mol. The average Bonchev–Trinajstić information content (AvgIpc) is 2.11. The van der Waals surface area contributed by atoms with E-state index in [1.54, 1.807) is 0 Å². The fourth-order valence-corrected chi connectivity index (χ4v) is 2.16. The molecule has 0 atom stereocenters. The monoisotopic (exact) mass is 229 g/mol. The maximum atomic E-state index is 10.8. The minimum Gasteiger partial charge on any atom is -0.480 e. The van der Waals surface area contributed by atoms with Crippen LogP contribution in [0.2, 0.25) is 0 Å². The molecule has 0 aromatic carbocycles. The second kappa shape index (κ2) is 7.66. The van der Waals surface area contributed by atoms with Gasteiger partial charge in [0.05, 0.1) is 6.54 Å². The van der Waals surface area contributed by atoms with Crippen molar-refractivity contribution in [3.63, 3.8) is 0 Å². The quantitative estimate of drug-likeness (QED) is 0.695. The van der Waals surface area contributed by atoms with Crippen molar-refractivity contribution in [2.75, 3.05) is 13.1 Å². The molecule has 0 aromatic rings. The van der Waals surface area contributed by atoms with Crippen molar-refractivity contribution in [2.45, 2.75) is 53.5 Å². The van der Waals surface area contributed by atoms with Crippen molar-refractivity contribution in [1.29, 1.82) is 0 Å². The lowest BCUT2D eigenvalue weighted by Crippen LogP contribution is -2.40. The van der Waals surface area contributed by atoms with Crippen molar-refractivity contribution in [3.05, 3.63) is 0 Å². The summed E-state index contributed by atoms with van der Waals surface area (Å²) in [5, 5.41) is 8.89. The van der Waals surface area contributed by atoms with Gasteiger partial charge in [0.2, 0.25) is 0 Å². The average molecular weight is 229 g/mol. The number of carboxylic acids is 1. The molecule has 0 unspecified atom stereocenters. The van der Waals surface area contributed by atoms with Gasteiger partial charge in [0.1, 0.15) is 0 Å². The van der Waals surface area contributed by atoms with Crippen LogP contribution in [0.5, 0.6) is 0 Å². The Labute approximate surface area is 99.8 Å². The zero-order valence-electron chi connectivity index (χ0n) is 11.4. The molecule has 0 amide bonds. The molecule has 0 saturated carbocycles. The number of carboxylic acid groups (broad SMARTS) is 1. The van der Waals surface area contributed by atoms with Crippen molar-refractivity contribution < 1.29 is 9.90 Å². The maximum absolute atomic E-state index is 10.8. The zero-order chi connectivity index (χ0) is 12.7. The van der Waals surface area contributed by atoms with Crippen molar-refractivity contribution in [3.8, 4) is 0 Å². The van der Waals surface area contributed by atoms with E-state index >= 15 is 0 Å². The number of hydrogen-bond donors (Lipinski definition) is 1. The highest BCUT2D eigenvalue weighted by Gasteiger charge is 2.21. The molecule has 0 aliphatic rings. The first kappa shape index (κ1) is 15.4. The molecule has 1 N–H and O–H groups in total. The first-order valence-electron chi connectivity index (χ1n) is 6.32. The number of aliphatic carboxylic acids is 1. The van der Waals surface area contributed by atoms with Gasteiger partial charge in [0.25, 0.3) is 0 Å². The van der Waals surface area contributed by atoms with Crippen LogP contribution in [-0.4, -0.2) is 35.1 Å². The predicted octanol–water partition coefficient (Wildman–Crippen LogP) is 2.85. The summed E-state index contributed by atoms with van der Waals surface area (Å²) in [6, 6.07) is 0.404. The van der Waals surface area contributed by atoms with Crippen LogP contribution in [0.4, 0.5) is 0 Å². The third-order valence-corrected chi connectivity index (χ3v) is 2.75. The predicted molar refractivity (Wildman–Crippen MR) is 67.6 cm³/mol. The minimum absolute atomic E-state index is 0.167. The molecule has 3 heteroatoms. The normalized spacial score (nSPS) is 12.1. The van der Waals surface area contributed by atoms with Crippen LogP contribution >= 0.6 is 0 Å². The standard InChI is InChI=1S/C13H27NO2/c1-6-14(9-13(15)16)12(7-10(2)3)8-11(4)5/h10-12H,6-9H2,1-5H3,(H,15,16). The second-order valence-corrected chi connectivity index (χ2v) is 5.37. The Balaban J connectivity index is 4.47. The summed E-state index contributed by atoms with van der Waals surface area (Å²) in [4.78, 5) is 12.9. The van der Waals surface area contributed by atoms with Crippen molar-refractivity contribution >= 4 is 5.97 Å². The van der Waals surface area contributed by atoms with Crippen molar-refractivity contribution in [1.82, 2.24) is 4.90 Å². The van der Waals surface area contributed by atoms with Gasteiger partial charge in [-0.3, -0.25) is 9.69 Å². The number of hydrogen-bond acceptors (Lipinski definition) is 2. The molecule has 0 fully saturated rings. The van der Waals surface area contributed by atoms with E-state index in [9.17, 15) is 4.79 Å². The summed E-state index contributed by atoms with van der Waals surface area (Å²) in [5.41, 5.74) is 0. The molecular formula is C13H27NO2. The molecule has 0 rings (SSSR count). The molecule has 0 aromatic heterocycles. The van der Waals surface area contributed by atoms with E-state index in [1.165, 1.54) is 0 Å². The molecule has 3 nitrogen and oxygen atoms in total. The Kier molecular flexibility index (Phi) is 7.39.